The van der Waals surface area contributed by atoms with Crippen LogP contribution in [0, 0.1) is 46.2 Å². The first-order valence-electron chi connectivity index (χ1n) is 14.6. The molecular weight excluding hydrogens is 437 g/mol. The average Bonchev–Trinajstić information content (AvgIpc) is 3.40. The number of anilines is 1. The third-order valence-electron chi connectivity index (χ3n) is 12.0. The van der Waals surface area contributed by atoms with Gasteiger partial charge in [0.1, 0.15) is 5.82 Å². The topological polar surface area (TPSA) is 40.5 Å². The zero-order valence-corrected chi connectivity index (χ0v) is 21.8. The smallest absolute Gasteiger partial charge is 0.226 e. The molecule has 35 heavy (non-hydrogen) atoms. The minimum absolute atomic E-state index is 0.110. The fraction of sp³-hybridized carbons (Fsp3) is 0.774. The predicted octanol–water partition coefficient (Wildman–Crippen LogP) is 6.90. The van der Waals surface area contributed by atoms with Crippen LogP contribution in [0.1, 0.15) is 96.5 Å². The number of halogens is 1. The minimum Gasteiger partial charge on any atom is -0.393 e. The first-order valence-corrected chi connectivity index (χ1v) is 14.6. The molecule has 0 bridgehead atoms. The fourth-order valence-corrected chi connectivity index (χ4v) is 10.1. The third-order valence-corrected chi connectivity index (χ3v) is 12.0. The normalized spacial score (nSPS) is 42.2. The van der Waals surface area contributed by atoms with Gasteiger partial charge in [-0.05, 0) is 128 Å². The second-order valence-electron chi connectivity index (χ2n) is 13.3. The Kier molecular flexibility index (Phi) is 6.06. The molecule has 3 nitrogen and oxygen atoms in total. The quantitative estimate of drug-likeness (QED) is 0.508. The molecular formula is C31H44FNO2. The molecule has 1 aliphatic heterocycles. The number of fused-ring (bicyclic) bond motifs is 6. The highest BCUT2D eigenvalue weighted by Gasteiger charge is 2.61. The molecule has 1 heterocycles. The number of hydrogen-bond acceptors (Lipinski definition) is 2. The van der Waals surface area contributed by atoms with Gasteiger partial charge in [0.15, 0.2) is 0 Å². The van der Waals surface area contributed by atoms with Crippen molar-refractivity contribution in [3.63, 3.8) is 0 Å². The molecule has 192 valence electrons. The summed E-state index contributed by atoms with van der Waals surface area (Å²) in [6.07, 6.45) is 14.9. The van der Waals surface area contributed by atoms with Gasteiger partial charge in [0, 0.05) is 18.7 Å². The standard InChI is InChI=1S/C31H44FNO2/c1-30-15-4-3-6-22(30)19-27(34)29-24-11-9-21(31(24,2)16-13-25(29)30)7-5-8-28(35)33-17-14-20-18-23(32)10-12-26(20)33/h10,12,18,21-22,24-25,27,29,34H,3-9,11,13-17,19H2,1-2H3. The summed E-state index contributed by atoms with van der Waals surface area (Å²) < 4.78 is 13.5. The van der Waals surface area contributed by atoms with Crippen LogP contribution in [0.5, 0.6) is 0 Å². The Morgan fingerprint density at radius 2 is 1.91 bits per heavy atom. The van der Waals surface area contributed by atoms with E-state index in [1.165, 1.54) is 57.4 Å². The van der Waals surface area contributed by atoms with Gasteiger partial charge in [-0.15, -0.1) is 0 Å². The number of carbonyl (C=O) groups excluding carboxylic acids is 1. The van der Waals surface area contributed by atoms with E-state index in [9.17, 15) is 14.3 Å². The van der Waals surface area contributed by atoms with Crippen molar-refractivity contribution in [1.82, 2.24) is 0 Å². The van der Waals surface area contributed by atoms with Gasteiger partial charge in [0.05, 0.1) is 6.10 Å². The summed E-state index contributed by atoms with van der Waals surface area (Å²) in [5.74, 6) is 3.22. The second kappa shape index (κ2) is 8.85. The van der Waals surface area contributed by atoms with Gasteiger partial charge in [-0.1, -0.05) is 26.7 Å². The number of benzene rings is 1. The predicted molar refractivity (Wildman–Crippen MR) is 138 cm³/mol. The van der Waals surface area contributed by atoms with Crippen LogP contribution in [0.3, 0.4) is 0 Å². The molecule has 4 fully saturated rings. The van der Waals surface area contributed by atoms with E-state index in [0.29, 0.717) is 47.5 Å². The highest BCUT2D eigenvalue weighted by atomic mass is 19.1. The zero-order valence-electron chi connectivity index (χ0n) is 21.8. The zero-order chi connectivity index (χ0) is 24.4. The highest BCUT2D eigenvalue weighted by Crippen LogP contribution is 2.67. The summed E-state index contributed by atoms with van der Waals surface area (Å²) in [4.78, 5) is 14.9. The molecule has 0 saturated heterocycles. The van der Waals surface area contributed by atoms with E-state index in [4.69, 9.17) is 0 Å². The van der Waals surface area contributed by atoms with Crippen molar-refractivity contribution in [3.8, 4) is 0 Å². The Labute approximate surface area is 210 Å². The average molecular weight is 482 g/mol. The summed E-state index contributed by atoms with van der Waals surface area (Å²) in [5, 5.41) is 11.4. The lowest BCUT2D eigenvalue weighted by Crippen LogP contribution is -2.57. The highest BCUT2D eigenvalue weighted by molar-refractivity contribution is 5.95. The van der Waals surface area contributed by atoms with E-state index < -0.39 is 0 Å². The Balaban J connectivity index is 1.10. The fourth-order valence-electron chi connectivity index (χ4n) is 10.1. The van der Waals surface area contributed by atoms with Crippen LogP contribution in [0.15, 0.2) is 18.2 Å². The molecule has 5 aliphatic rings. The maximum absolute atomic E-state index is 13.5. The summed E-state index contributed by atoms with van der Waals surface area (Å²) in [5.41, 5.74) is 2.63. The number of nitrogens with zero attached hydrogens (tertiary/aromatic N) is 1. The second-order valence-corrected chi connectivity index (χ2v) is 13.3. The van der Waals surface area contributed by atoms with Crippen molar-refractivity contribution in [3.05, 3.63) is 29.6 Å². The first-order chi connectivity index (χ1) is 16.8. The van der Waals surface area contributed by atoms with Crippen LogP contribution in [0.2, 0.25) is 0 Å². The lowest BCUT2D eigenvalue weighted by Gasteiger charge is -2.62. The Morgan fingerprint density at radius 3 is 2.77 bits per heavy atom. The summed E-state index contributed by atoms with van der Waals surface area (Å²) in [6.45, 7) is 5.79. The lowest BCUT2D eigenvalue weighted by molar-refractivity contribution is -0.162. The Morgan fingerprint density at radius 1 is 1.09 bits per heavy atom. The van der Waals surface area contributed by atoms with E-state index >= 15 is 0 Å². The van der Waals surface area contributed by atoms with Crippen molar-refractivity contribution in [1.29, 1.82) is 0 Å². The van der Waals surface area contributed by atoms with Crippen LogP contribution in [0.4, 0.5) is 10.1 Å². The van der Waals surface area contributed by atoms with Gasteiger partial charge in [0.2, 0.25) is 5.91 Å². The van der Waals surface area contributed by atoms with E-state index in [1.807, 2.05) is 4.90 Å². The van der Waals surface area contributed by atoms with Gasteiger partial charge >= 0.3 is 0 Å². The van der Waals surface area contributed by atoms with Gasteiger partial charge in [-0.2, -0.15) is 0 Å². The Bertz CT molecular complexity index is 979. The molecule has 4 aliphatic carbocycles. The van der Waals surface area contributed by atoms with Crippen LogP contribution in [-0.4, -0.2) is 23.7 Å². The molecule has 0 radical (unpaired) electrons. The van der Waals surface area contributed by atoms with Crippen LogP contribution < -0.4 is 4.90 Å². The molecule has 1 N–H and O–H groups in total. The molecule has 6 rings (SSSR count). The lowest BCUT2D eigenvalue weighted by atomic mass is 9.44. The summed E-state index contributed by atoms with van der Waals surface area (Å²) >= 11 is 0. The molecule has 8 atom stereocenters. The number of hydrogen-bond donors (Lipinski definition) is 1. The number of aliphatic hydroxyl groups is 1. The summed E-state index contributed by atoms with van der Waals surface area (Å²) in [7, 11) is 0. The molecule has 4 saturated carbocycles. The number of rotatable bonds is 4. The van der Waals surface area contributed by atoms with Crippen LogP contribution in [0.25, 0.3) is 0 Å². The van der Waals surface area contributed by atoms with Crippen molar-refractivity contribution in [2.45, 2.75) is 103 Å². The van der Waals surface area contributed by atoms with Gasteiger partial charge in [-0.3, -0.25) is 4.79 Å². The maximum Gasteiger partial charge on any atom is 0.226 e. The maximum atomic E-state index is 13.5. The van der Waals surface area contributed by atoms with Crippen LogP contribution in [-0.2, 0) is 11.2 Å². The van der Waals surface area contributed by atoms with Gasteiger partial charge < -0.3 is 10.0 Å². The van der Waals surface area contributed by atoms with Crippen molar-refractivity contribution in [2.75, 3.05) is 11.4 Å². The SMILES string of the molecule is CC12CCC3C(C(O)CC4CCCCC43C)C1CCC2CCCC(=O)N1CCc2cc(F)ccc21. The summed E-state index contributed by atoms with van der Waals surface area (Å²) in [6, 6.07) is 4.81. The van der Waals surface area contributed by atoms with Gasteiger partial charge in [0.25, 0.3) is 0 Å². The molecule has 0 aromatic heterocycles. The van der Waals surface area contributed by atoms with Gasteiger partial charge in [-0.25, -0.2) is 4.39 Å². The number of carbonyl (C=O) groups is 1. The molecule has 4 heteroatoms. The number of amides is 1. The van der Waals surface area contributed by atoms with E-state index in [0.717, 1.165) is 42.9 Å². The Hall–Kier alpha value is -1.42. The van der Waals surface area contributed by atoms with E-state index in [1.54, 1.807) is 12.1 Å². The molecule has 0 spiro atoms. The monoisotopic (exact) mass is 481 g/mol. The molecule has 1 aromatic rings. The largest absolute Gasteiger partial charge is 0.393 e. The van der Waals surface area contributed by atoms with Crippen molar-refractivity contribution >= 4 is 11.6 Å². The van der Waals surface area contributed by atoms with E-state index in [-0.39, 0.29) is 17.8 Å². The van der Waals surface area contributed by atoms with E-state index in [2.05, 4.69) is 13.8 Å². The van der Waals surface area contributed by atoms with Crippen LogP contribution >= 0.6 is 0 Å². The first kappa shape index (κ1) is 23.9. The molecule has 8 unspecified atom stereocenters. The van der Waals surface area contributed by atoms with Crippen molar-refractivity contribution < 1.29 is 14.3 Å². The molecule has 1 amide bonds. The third kappa shape index (κ3) is 3.80. The van der Waals surface area contributed by atoms with Crippen molar-refractivity contribution in [2.24, 2.45) is 40.4 Å². The number of aliphatic hydroxyl groups excluding tert-OH is 1. The minimum atomic E-state index is -0.215. The molecule has 1 aromatic carbocycles.